The fraction of sp³-hybridized carbons (Fsp3) is 1.00. The number of hydrogen-bond donors (Lipinski definition) is 2. The Hall–Kier alpha value is -0.160. The molecule has 0 amide bonds. The van der Waals surface area contributed by atoms with Crippen LogP contribution in [0.4, 0.5) is 0 Å². The molecule has 1 fully saturated rings. The van der Waals surface area contributed by atoms with Crippen molar-refractivity contribution in [3.8, 4) is 0 Å². The summed E-state index contributed by atoms with van der Waals surface area (Å²) in [6.07, 6.45) is -1.01. The second-order valence-electron chi connectivity index (χ2n) is 2.41. The molecular formula is C5H10O4. The van der Waals surface area contributed by atoms with Crippen LogP contribution in [-0.4, -0.2) is 22.3 Å². The van der Waals surface area contributed by atoms with Crippen LogP contribution in [0.5, 0.6) is 0 Å². The van der Waals surface area contributed by atoms with Crippen LogP contribution >= 0.6 is 0 Å². The van der Waals surface area contributed by atoms with Crippen molar-refractivity contribution in [3.63, 3.8) is 0 Å². The molecule has 4 heteroatoms. The molecular weight excluding hydrogens is 124 g/mol. The van der Waals surface area contributed by atoms with Gasteiger partial charge in [-0.1, -0.05) is 6.92 Å². The van der Waals surface area contributed by atoms with Gasteiger partial charge in [-0.25, -0.2) is 4.89 Å². The highest BCUT2D eigenvalue weighted by molar-refractivity contribution is 4.72. The van der Waals surface area contributed by atoms with Gasteiger partial charge < -0.3 is 10.2 Å². The lowest BCUT2D eigenvalue weighted by Crippen LogP contribution is -2.32. The van der Waals surface area contributed by atoms with Gasteiger partial charge in [0.25, 0.3) is 0 Å². The normalized spacial score (nSPS) is 52.0. The molecule has 0 aromatic heterocycles. The largest absolute Gasteiger partial charge is 0.365 e. The molecule has 0 radical (unpaired) electrons. The second kappa shape index (κ2) is 1.91. The predicted octanol–water partition coefficient (Wildman–Crippen LogP) is -0.389. The second-order valence-corrected chi connectivity index (χ2v) is 2.41. The Labute approximate surface area is 52.9 Å². The summed E-state index contributed by atoms with van der Waals surface area (Å²) in [6.45, 7) is 3.07. The lowest BCUT2D eigenvalue weighted by molar-refractivity contribution is -0.391. The summed E-state index contributed by atoms with van der Waals surface area (Å²) in [4.78, 5) is 8.66. The number of hydrogen-bond acceptors (Lipinski definition) is 4. The van der Waals surface area contributed by atoms with Gasteiger partial charge in [-0.05, 0) is 6.92 Å². The Morgan fingerprint density at radius 2 is 2.11 bits per heavy atom. The minimum atomic E-state index is -1.35. The van der Waals surface area contributed by atoms with Crippen molar-refractivity contribution in [2.75, 3.05) is 0 Å². The van der Waals surface area contributed by atoms with Crippen LogP contribution in [-0.2, 0) is 9.78 Å². The Bertz CT molecular complexity index is 112. The Morgan fingerprint density at radius 3 is 2.22 bits per heavy atom. The molecule has 3 unspecified atom stereocenters. The highest BCUT2D eigenvalue weighted by atomic mass is 17.3. The molecule has 54 valence electrons. The first kappa shape index (κ1) is 6.95. The van der Waals surface area contributed by atoms with E-state index in [9.17, 15) is 0 Å². The van der Waals surface area contributed by atoms with Gasteiger partial charge in [0.15, 0.2) is 6.29 Å². The third-order valence-electron chi connectivity index (χ3n) is 1.59. The third kappa shape index (κ3) is 1.07. The van der Waals surface area contributed by atoms with Crippen LogP contribution in [0.25, 0.3) is 0 Å². The standard InChI is InChI=1S/C5H10O4/c1-3-4(6)8-9-5(3,2)7/h3-4,6-7H,1-2H3. The lowest BCUT2D eigenvalue weighted by Gasteiger charge is -2.16. The van der Waals surface area contributed by atoms with Crippen LogP contribution in [0.1, 0.15) is 13.8 Å². The van der Waals surface area contributed by atoms with Gasteiger partial charge in [-0.15, -0.1) is 0 Å². The van der Waals surface area contributed by atoms with E-state index in [2.05, 4.69) is 9.78 Å². The highest BCUT2D eigenvalue weighted by Crippen LogP contribution is 2.29. The molecule has 1 rings (SSSR count). The predicted molar refractivity (Wildman–Crippen MR) is 28.0 cm³/mol. The van der Waals surface area contributed by atoms with Gasteiger partial charge in [-0.2, -0.15) is 4.89 Å². The molecule has 1 saturated heterocycles. The summed E-state index contributed by atoms with van der Waals surface area (Å²) in [6, 6.07) is 0. The molecule has 9 heavy (non-hydrogen) atoms. The van der Waals surface area contributed by atoms with Crippen molar-refractivity contribution in [2.45, 2.75) is 25.9 Å². The molecule has 1 aliphatic heterocycles. The van der Waals surface area contributed by atoms with Crippen LogP contribution < -0.4 is 0 Å². The minimum absolute atomic E-state index is 0.405. The molecule has 3 atom stereocenters. The van der Waals surface area contributed by atoms with Gasteiger partial charge >= 0.3 is 0 Å². The van der Waals surface area contributed by atoms with Crippen LogP contribution in [0.15, 0.2) is 0 Å². The Balaban J connectivity index is 2.62. The average Bonchev–Trinajstić information content (AvgIpc) is 1.97. The van der Waals surface area contributed by atoms with E-state index in [-0.39, 0.29) is 0 Å². The van der Waals surface area contributed by atoms with E-state index in [4.69, 9.17) is 10.2 Å². The van der Waals surface area contributed by atoms with Gasteiger partial charge in [0, 0.05) is 0 Å². The molecule has 2 N–H and O–H groups in total. The number of rotatable bonds is 0. The van der Waals surface area contributed by atoms with Crippen molar-refractivity contribution >= 4 is 0 Å². The summed E-state index contributed by atoms with van der Waals surface area (Å²) in [5, 5.41) is 18.0. The zero-order valence-electron chi connectivity index (χ0n) is 5.37. The van der Waals surface area contributed by atoms with E-state index in [1.165, 1.54) is 6.92 Å². The zero-order valence-corrected chi connectivity index (χ0v) is 5.37. The number of aliphatic hydroxyl groups excluding tert-OH is 1. The minimum Gasteiger partial charge on any atom is -0.365 e. The van der Waals surface area contributed by atoms with Gasteiger partial charge in [-0.3, -0.25) is 0 Å². The maximum absolute atomic E-state index is 9.13. The van der Waals surface area contributed by atoms with E-state index >= 15 is 0 Å². The van der Waals surface area contributed by atoms with Crippen LogP contribution in [0.2, 0.25) is 0 Å². The molecule has 0 bridgehead atoms. The van der Waals surface area contributed by atoms with Crippen molar-refractivity contribution in [1.29, 1.82) is 0 Å². The van der Waals surface area contributed by atoms with Gasteiger partial charge in [0.05, 0.1) is 5.92 Å². The maximum atomic E-state index is 9.13. The highest BCUT2D eigenvalue weighted by Gasteiger charge is 2.43. The molecule has 0 saturated carbocycles. The van der Waals surface area contributed by atoms with Gasteiger partial charge in [0.1, 0.15) is 0 Å². The van der Waals surface area contributed by atoms with E-state index in [0.717, 1.165) is 0 Å². The van der Waals surface area contributed by atoms with Crippen molar-refractivity contribution in [1.82, 2.24) is 0 Å². The van der Waals surface area contributed by atoms with E-state index in [1.807, 2.05) is 0 Å². The van der Waals surface area contributed by atoms with Crippen LogP contribution in [0.3, 0.4) is 0 Å². The molecule has 0 spiro atoms. The lowest BCUT2D eigenvalue weighted by atomic mass is 10.0. The summed E-state index contributed by atoms with van der Waals surface area (Å²) < 4.78 is 0. The summed E-state index contributed by atoms with van der Waals surface area (Å²) >= 11 is 0. The van der Waals surface area contributed by atoms with Crippen molar-refractivity contribution < 1.29 is 20.0 Å². The molecule has 0 aliphatic carbocycles. The van der Waals surface area contributed by atoms with Crippen molar-refractivity contribution in [3.05, 3.63) is 0 Å². The maximum Gasteiger partial charge on any atom is 0.204 e. The smallest absolute Gasteiger partial charge is 0.204 e. The molecule has 1 heterocycles. The third-order valence-corrected chi connectivity index (χ3v) is 1.59. The van der Waals surface area contributed by atoms with E-state index in [1.54, 1.807) is 6.92 Å². The molecule has 4 nitrogen and oxygen atoms in total. The number of aliphatic hydroxyl groups is 2. The zero-order chi connectivity index (χ0) is 7.07. The van der Waals surface area contributed by atoms with E-state index in [0.29, 0.717) is 0 Å². The van der Waals surface area contributed by atoms with Crippen molar-refractivity contribution in [2.24, 2.45) is 5.92 Å². The molecule has 0 aromatic carbocycles. The quantitative estimate of drug-likeness (QED) is 0.443. The average molecular weight is 134 g/mol. The summed E-state index contributed by atoms with van der Waals surface area (Å²) in [5.74, 6) is -1.75. The summed E-state index contributed by atoms with van der Waals surface area (Å²) in [7, 11) is 0. The van der Waals surface area contributed by atoms with E-state index < -0.39 is 18.0 Å². The van der Waals surface area contributed by atoms with Crippen LogP contribution in [0, 0.1) is 5.92 Å². The fourth-order valence-electron chi connectivity index (χ4n) is 0.570. The van der Waals surface area contributed by atoms with Gasteiger partial charge in [0.2, 0.25) is 5.79 Å². The SMILES string of the molecule is CC1C(O)OOC1(C)O. The Morgan fingerprint density at radius 1 is 1.56 bits per heavy atom. The Kier molecular flexibility index (Phi) is 1.48. The first-order chi connectivity index (χ1) is 4.04. The fourth-order valence-corrected chi connectivity index (χ4v) is 0.570. The summed E-state index contributed by atoms with van der Waals surface area (Å²) in [5.41, 5.74) is 0. The topological polar surface area (TPSA) is 58.9 Å². The molecule has 0 aromatic rings. The molecule has 1 aliphatic rings. The monoisotopic (exact) mass is 134 g/mol. The first-order valence-electron chi connectivity index (χ1n) is 2.79. The first-order valence-corrected chi connectivity index (χ1v) is 2.79.